The van der Waals surface area contributed by atoms with Crippen molar-refractivity contribution < 1.29 is 26.8 Å². The van der Waals surface area contributed by atoms with Crippen molar-refractivity contribution in [3.63, 3.8) is 0 Å². The fraction of sp³-hybridized carbons (Fsp3) is 0.333. The van der Waals surface area contributed by atoms with E-state index in [9.17, 15) is 4.39 Å². The van der Waals surface area contributed by atoms with Crippen LogP contribution >= 0.6 is 22.6 Å². The average Bonchev–Trinajstić information content (AvgIpc) is 2.07. The minimum atomic E-state index is -0.303. The Morgan fingerprint density at radius 1 is 1.50 bits per heavy atom. The molecule has 3 heteroatoms. The van der Waals surface area contributed by atoms with Gasteiger partial charge in [0.25, 0.3) is 0 Å². The van der Waals surface area contributed by atoms with Gasteiger partial charge in [-0.2, -0.15) is 18.2 Å². The van der Waals surface area contributed by atoms with Gasteiger partial charge in [-0.25, -0.2) is 4.39 Å². The molecule has 0 N–H and O–H groups in total. The molecule has 0 fully saturated rings. The Hall–Kier alpha value is 0.620. The summed E-state index contributed by atoms with van der Waals surface area (Å²) in [6.45, 7) is 2.17. The molecule has 0 spiro atoms. The Kier molecular flexibility index (Phi) is 14.6. The number of hydrogen-bond acceptors (Lipinski definition) is 0. The average molecular weight is 462 g/mol. The molecule has 1 rings (SSSR count). The summed E-state index contributed by atoms with van der Waals surface area (Å²) in [7, 11) is 0. The topological polar surface area (TPSA) is 0 Å². The zero-order valence-electron chi connectivity index (χ0n) is 6.78. The van der Waals surface area contributed by atoms with Crippen LogP contribution < -0.4 is 0 Å². The van der Waals surface area contributed by atoms with Gasteiger partial charge in [-0.1, -0.05) is 29.5 Å². The third-order valence-corrected chi connectivity index (χ3v) is 1.94. The van der Waals surface area contributed by atoms with E-state index in [0.717, 1.165) is 0 Å². The van der Waals surface area contributed by atoms with Gasteiger partial charge in [0.2, 0.25) is 0 Å². The quantitative estimate of drug-likeness (QED) is 0.260. The molecule has 12 heavy (non-hydrogen) atoms. The van der Waals surface area contributed by atoms with E-state index in [0.29, 0.717) is 0 Å². The maximum atomic E-state index is 11.9. The Morgan fingerprint density at radius 2 is 2.08 bits per heavy atom. The van der Waals surface area contributed by atoms with Crippen LogP contribution in [-0.4, -0.2) is 4.43 Å². The van der Waals surface area contributed by atoms with Crippen molar-refractivity contribution >= 4 is 22.6 Å². The second-order valence-electron chi connectivity index (χ2n) is 1.90. The molecule has 0 aliphatic rings. The van der Waals surface area contributed by atoms with E-state index in [-0.39, 0.29) is 28.2 Å². The fourth-order valence-corrected chi connectivity index (χ4v) is 0.371. The number of rotatable bonds is 1. The van der Waals surface area contributed by atoms with Crippen LogP contribution in [0.3, 0.4) is 0 Å². The van der Waals surface area contributed by atoms with Crippen LogP contribution in [0.4, 0.5) is 4.39 Å². The van der Waals surface area contributed by atoms with Gasteiger partial charge in [-0.05, 0) is 10.8 Å². The van der Waals surface area contributed by atoms with E-state index in [4.69, 9.17) is 0 Å². The van der Waals surface area contributed by atoms with Crippen LogP contribution in [0.1, 0.15) is 13.3 Å². The largest absolute Gasteiger partial charge is 1.00 e. The molecule has 1 aromatic rings. The van der Waals surface area contributed by atoms with Gasteiger partial charge in [0.1, 0.15) is 0 Å². The minimum Gasteiger partial charge on any atom is -0.236 e. The molecular weight excluding hydrogens is 451 g/mol. The number of benzene rings is 1. The van der Waals surface area contributed by atoms with Crippen molar-refractivity contribution in [2.75, 3.05) is 4.43 Å². The monoisotopic (exact) mass is 462 g/mol. The normalized spacial score (nSPS) is 7.58. The number of alkyl halides is 1. The zero-order chi connectivity index (χ0) is 8.53. The summed E-state index contributed by atoms with van der Waals surface area (Å²) in [6, 6.07) is 8.62. The van der Waals surface area contributed by atoms with Crippen molar-refractivity contribution in [2.24, 2.45) is 0 Å². The molecule has 0 radical (unpaired) electrons. The van der Waals surface area contributed by atoms with Gasteiger partial charge in [0, 0.05) is 5.82 Å². The second kappa shape index (κ2) is 11.6. The molecule has 0 bridgehead atoms. The standard InChI is InChI=1S/C6H4F.C3H7I.Au/c7-6-4-2-1-3-5-6;1-2-3-4;/h1-4H;2-3H2,1H3;/q-1;;+1. The van der Waals surface area contributed by atoms with Gasteiger partial charge >= 0.3 is 22.4 Å². The van der Waals surface area contributed by atoms with Crippen LogP contribution in [-0.2, 0) is 22.4 Å². The van der Waals surface area contributed by atoms with Crippen molar-refractivity contribution in [2.45, 2.75) is 13.3 Å². The predicted molar refractivity (Wildman–Crippen MR) is 54.4 cm³/mol. The van der Waals surface area contributed by atoms with Gasteiger partial charge in [-0.3, -0.25) is 0 Å². The number of halogens is 2. The first-order valence-corrected chi connectivity index (χ1v) is 5.02. The van der Waals surface area contributed by atoms with Gasteiger partial charge in [0.15, 0.2) is 0 Å². The first-order chi connectivity index (χ1) is 5.31. The molecule has 0 aliphatic heterocycles. The predicted octanol–water partition coefficient (Wildman–Crippen LogP) is 3.45. The third-order valence-electron chi connectivity index (χ3n) is 0.860. The van der Waals surface area contributed by atoms with E-state index in [2.05, 4.69) is 35.6 Å². The molecule has 1 aromatic carbocycles. The summed E-state index contributed by atoms with van der Waals surface area (Å²) >= 11 is 2.35. The first-order valence-electron chi connectivity index (χ1n) is 3.49. The van der Waals surface area contributed by atoms with Crippen molar-refractivity contribution in [3.05, 3.63) is 36.1 Å². The minimum absolute atomic E-state index is 0. The SMILES string of the molecule is CCCI.Fc1[c-]cccc1.[Au+]. The van der Waals surface area contributed by atoms with Crippen LogP contribution in [0.25, 0.3) is 0 Å². The van der Waals surface area contributed by atoms with Crippen LogP contribution in [0.5, 0.6) is 0 Å². The maximum Gasteiger partial charge on any atom is 1.00 e. The Bertz CT molecular complexity index is 165. The summed E-state index contributed by atoms with van der Waals surface area (Å²) in [5, 5.41) is 0. The molecule has 0 saturated heterocycles. The van der Waals surface area contributed by atoms with Crippen LogP contribution in [0.2, 0.25) is 0 Å². The van der Waals surface area contributed by atoms with Crippen LogP contribution in [0, 0.1) is 11.9 Å². The summed E-state index contributed by atoms with van der Waals surface area (Å²) in [5.74, 6) is -0.303. The second-order valence-corrected chi connectivity index (χ2v) is 2.98. The van der Waals surface area contributed by atoms with Crippen molar-refractivity contribution in [1.29, 1.82) is 0 Å². The van der Waals surface area contributed by atoms with E-state index in [1.807, 2.05) is 0 Å². The molecule has 0 aliphatic carbocycles. The van der Waals surface area contributed by atoms with Crippen molar-refractivity contribution in [1.82, 2.24) is 0 Å². The zero-order valence-corrected chi connectivity index (χ0v) is 11.1. The molecule has 0 atom stereocenters. The molecule has 0 heterocycles. The maximum absolute atomic E-state index is 11.9. The Labute approximate surface area is 103 Å². The molecule has 0 amide bonds. The molecule has 0 nitrogen and oxygen atoms in total. The van der Waals surface area contributed by atoms with Gasteiger partial charge in [-0.15, -0.1) is 12.1 Å². The summed E-state index contributed by atoms with van der Waals surface area (Å²) < 4.78 is 13.1. The summed E-state index contributed by atoms with van der Waals surface area (Å²) in [4.78, 5) is 0. The smallest absolute Gasteiger partial charge is 0.236 e. The molecular formula is C9H11AuFI. The summed E-state index contributed by atoms with van der Waals surface area (Å²) in [5.41, 5.74) is 0. The molecule has 0 unspecified atom stereocenters. The van der Waals surface area contributed by atoms with Crippen molar-refractivity contribution in [3.8, 4) is 0 Å². The number of hydrogen-bond donors (Lipinski definition) is 0. The van der Waals surface area contributed by atoms with E-state index >= 15 is 0 Å². The van der Waals surface area contributed by atoms with E-state index in [1.54, 1.807) is 12.1 Å². The van der Waals surface area contributed by atoms with E-state index < -0.39 is 0 Å². The third kappa shape index (κ3) is 10.6. The molecule has 0 saturated carbocycles. The van der Waals surface area contributed by atoms with Gasteiger partial charge < -0.3 is 0 Å². The summed E-state index contributed by atoms with van der Waals surface area (Å²) in [6.07, 6.45) is 1.31. The van der Waals surface area contributed by atoms with Crippen LogP contribution in [0.15, 0.2) is 24.3 Å². The first kappa shape index (κ1) is 15.1. The molecule has 0 aromatic heterocycles. The Balaban J connectivity index is 0. The fourth-order valence-electron chi connectivity index (χ4n) is 0.371. The molecule has 72 valence electrons. The van der Waals surface area contributed by atoms with Gasteiger partial charge in [0.05, 0.1) is 0 Å². The van der Waals surface area contributed by atoms with E-state index in [1.165, 1.54) is 23.0 Å². The Morgan fingerprint density at radius 3 is 2.25 bits per heavy atom.